The zero-order chi connectivity index (χ0) is 11.4. The fourth-order valence-corrected chi connectivity index (χ4v) is 1.96. The third-order valence-electron chi connectivity index (χ3n) is 2.07. The molecular weight excluding hydrogens is 336 g/mol. The summed E-state index contributed by atoms with van der Waals surface area (Å²) in [6.45, 7) is 1.49. The molecule has 0 radical (unpaired) electrons. The van der Waals surface area contributed by atoms with E-state index in [0.29, 0.717) is 6.54 Å². The molecular formula is C10H10Br2N4. The van der Waals surface area contributed by atoms with Crippen molar-refractivity contribution < 1.29 is 0 Å². The lowest BCUT2D eigenvalue weighted by Gasteiger charge is -2.04. The second-order valence-corrected chi connectivity index (χ2v) is 4.99. The van der Waals surface area contributed by atoms with E-state index in [9.17, 15) is 0 Å². The lowest BCUT2D eigenvalue weighted by Crippen LogP contribution is -2.13. The molecule has 0 saturated heterocycles. The number of aromatic nitrogens is 3. The number of aromatic amines is 1. The number of nitrogens with one attached hydrogen (secondary N) is 2. The van der Waals surface area contributed by atoms with Gasteiger partial charge in [-0.1, -0.05) is 6.07 Å². The molecule has 0 spiro atoms. The standard InChI is InChI=1S/C10H10Br2N4/c11-8-2-1-7(3-9(8)12)4-13-5-10-14-6-15-16-10/h1-3,6,13H,4-5H2,(H,14,15,16). The summed E-state index contributed by atoms with van der Waals surface area (Å²) < 4.78 is 2.12. The summed E-state index contributed by atoms with van der Waals surface area (Å²) in [5.74, 6) is 0.844. The van der Waals surface area contributed by atoms with Crippen molar-refractivity contribution in [2.45, 2.75) is 13.1 Å². The topological polar surface area (TPSA) is 53.6 Å². The molecule has 0 aliphatic heterocycles. The largest absolute Gasteiger partial charge is 0.306 e. The quantitative estimate of drug-likeness (QED) is 0.895. The van der Waals surface area contributed by atoms with Crippen molar-refractivity contribution in [3.8, 4) is 0 Å². The molecule has 0 aliphatic carbocycles. The third kappa shape index (κ3) is 3.13. The zero-order valence-corrected chi connectivity index (χ0v) is 11.5. The Kier molecular flexibility index (Phi) is 4.09. The van der Waals surface area contributed by atoms with Gasteiger partial charge in [-0.25, -0.2) is 4.98 Å². The molecule has 1 aromatic carbocycles. The van der Waals surface area contributed by atoms with Gasteiger partial charge in [0.2, 0.25) is 0 Å². The van der Waals surface area contributed by atoms with Crippen LogP contribution >= 0.6 is 31.9 Å². The molecule has 2 aromatic rings. The number of rotatable bonds is 4. The van der Waals surface area contributed by atoms with Gasteiger partial charge in [-0.3, -0.25) is 5.10 Å². The lowest BCUT2D eigenvalue weighted by atomic mass is 10.2. The van der Waals surface area contributed by atoms with E-state index < -0.39 is 0 Å². The van der Waals surface area contributed by atoms with Gasteiger partial charge in [-0.15, -0.1) is 0 Å². The smallest absolute Gasteiger partial charge is 0.138 e. The van der Waals surface area contributed by atoms with Gasteiger partial charge in [0.1, 0.15) is 12.2 Å². The van der Waals surface area contributed by atoms with Crippen molar-refractivity contribution in [1.29, 1.82) is 0 Å². The van der Waals surface area contributed by atoms with Crippen molar-refractivity contribution in [3.05, 3.63) is 44.9 Å². The van der Waals surface area contributed by atoms with Gasteiger partial charge in [0.15, 0.2) is 0 Å². The first-order valence-electron chi connectivity index (χ1n) is 4.74. The van der Waals surface area contributed by atoms with E-state index in [-0.39, 0.29) is 0 Å². The summed E-state index contributed by atoms with van der Waals surface area (Å²) in [5, 5.41) is 9.87. The van der Waals surface area contributed by atoms with E-state index in [0.717, 1.165) is 21.3 Å². The maximum absolute atomic E-state index is 4.03. The lowest BCUT2D eigenvalue weighted by molar-refractivity contribution is 0.664. The van der Waals surface area contributed by atoms with E-state index >= 15 is 0 Å². The predicted octanol–water partition coefficient (Wildman–Crippen LogP) is 2.62. The van der Waals surface area contributed by atoms with Gasteiger partial charge in [0.25, 0.3) is 0 Å². The van der Waals surface area contributed by atoms with E-state index in [1.54, 1.807) is 0 Å². The molecule has 0 amide bonds. The zero-order valence-electron chi connectivity index (χ0n) is 8.37. The Morgan fingerprint density at radius 3 is 2.75 bits per heavy atom. The predicted molar refractivity (Wildman–Crippen MR) is 68.8 cm³/mol. The monoisotopic (exact) mass is 344 g/mol. The van der Waals surface area contributed by atoms with Gasteiger partial charge < -0.3 is 5.32 Å². The van der Waals surface area contributed by atoms with Crippen molar-refractivity contribution in [2.75, 3.05) is 0 Å². The fourth-order valence-electron chi connectivity index (χ4n) is 1.29. The summed E-state index contributed by atoms with van der Waals surface area (Å²) in [6, 6.07) is 6.18. The fraction of sp³-hybridized carbons (Fsp3) is 0.200. The highest BCUT2D eigenvalue weighted by Gasteiger charge is 1.99. The van der Waals surface area contributed by atoms with Crippen molar-refractivity contribution in [1.82, 2.24) is 20.5 Å². The molecule has 1 heterocycles. The minimum atomic E-state index is 0.688. The Labute approximate surface area is 110 Å². The van der Waals surface area contributed by atoms with E-state index in [1.165, 1.54) is 11.9 Å². The highest BCUT2D eigenvalue weighted by molar-refractivity contribution is 9.13. The van der Waals surface area contributed by atoms with Crippen LogP contribution in [0.1, 0.15) is 11.4 Å². The van der Waals surface area contributed by atoms with Crippen LogP contribution in [0.3, 0.4) is 0 Å². The molecule has 4 nitrogen and oxygen atoms in total. The molecule has 0 unspecified atom stereocenters. The first-order valence-corrected chi connectivity index (χ1v) is 6.33. The van der Waals surface area contributed by atoms with Crippen molar-refractivity contribution >= 4 is 31.9 Å². The molecule has 16 heavy (non-hydrogen) atoms. The van der Waals surface area contributed by atoms with Crippen LogP contribution in [-0.4, -0.2) is 15.2 Å². The summed E-state index contributed by atoms with van der Waals surface area (Å²) in [5.41, 5.74) is 1.22. The molecule has 2 rings (SSSR count). The van der Waals surface area contributed by atoms with Gasteiger partial charge in [0, 0.05) is 15.5 Å². The molecule has 2 N–H and O–H groups in total. The second kappa shape index (κ2) is 5.56. The molecule has 0 aliphatic rings. The summed E-state index contributed by atoms with van der Waals surface area (Å²) in [6.07, 6.45) is 1.51. The first-order chi connectivity index (χ1) is 7.75. The molecule has 6 heteroatoms. The Morgan fingerprint density at radius 1 is 1.19 bits per heavy atom. The van der Waals surface area contributed by atoms with Gasteiger partial charge in [-0.05, 0) is 49.6 Å². The molecule has 1 aromatic heterocycles. The number of halogens is 2. The van der Waals surface area contributed by atoms with E-state index in [4.69, 9.17) is 0 Å². The van der Waals surface area contributed by atoms with Crippen LogP contribution in [0.5, 0.6) is 0 Å². The van der Waals surface area contributed by atoms with Crippen LogP contribution in [0.4, 0.5) is 0 Å². The normalized spacial score (nSPS) is 10.6. The SMILES string of the molecule is Brc1ccc(CNCc2ncn[nH]2)cc1Br. The van der Waals surface area contributed by atoms with Crippen LogP contribution in [0.25, 0.3) is 0 Å². The number of benzene rings is 1. The molecule has 0 fully saturated rings. The van der Waals surface area contributed by atoms with Gasteiger partial charge in [0.05, 0.1) is 6.54 Å². The Balaban J connectivity index is 1.87. The Bertz CT molecular complexity index is 456. The Hall–Kier alpha value is -0.720. The first kappa shape index (κ1) is 11.8. The summed E-state index contributed by atoms with van der Waals surface area (Å²) in [7, 11) is 0. The summed E-state index contributed by atoms with van der Waals surface area (Å²) in [4.78, 5) is 4.03. The summed E-state index contributed by atoms with van der Waals surface area (Å²) >= 11 is 6.91. The number of hydrogen-bond donors (Lipinski definition) is 2. The van der Waals surface area contributed by atoms with Crippen molar-refractivity contribution in [2.24, 2.45) is 0 Å². The van der Waals surface area contributed by atoms with E-state index in [2.05, 4.69) is 64.5 Å². The maximum Gasteiger partial charge on any atom is 0.138 e. The van der Waals surface area contributed by atoms with E-state index in [1.807, 2.05) is 6.07 Å². The van der Waals surface area contributed by atoms with Gasteiger partial charge in [-0.2, -0.15) is 5.10 Å². The molecule has 0 atom stereocenters. The van der Waals surface area contributed by atoms with Gasteiger partial charge >= 0.3 is 0 Å². The van der Waals surface area contributed by atoms with Crippen LogP contribution in [0, 0.1) is 0 Å². The molecule has 0 saturated carbocycles. The van der Waals surface area contributed by atoms with Crippen LogP contribution in [-0.2, 0) is 13.1 Å². The molecule has 84 valence electrons. The average Bonchev–Trinajstić information content (AvgIpc) is 2.76. The highest BCUT2D eigenvalue weighted by Crippen LogP contribution is 2.23. The minimum absolute atomic E-state index is 0.688. The number of nitrogens with zero attached hydrogens (tertiary/aromatic N) is 2. The minimum Gasteiger partial charge on any atom is -0.306 e. The Morgan fingerprint density at radius 2 is 2.06 bits per heavy atom. The van der Waals surface area contributed by atoms with Crippen LogP contribution in [0.2, 0.25) is 0 Å². The van der Waals surface area contributed by atoms with Crippen LogP contribution < -0.4 is 5.32 Å². The van der Waals surface area contributed by atoms with Crippen LogP contribution in [0.15, 0.2) is 33.5 Å². The second-order valence-electron chi connectivity index (χ2n) is 3.28. The highest BCUT2D eigenvalue weighted by atomic mass is 79.9. The molecule has 0 bridgehead atoms. The number of H-pyrrole nitrogens is 1. The third-order valence-corrected chi connectivity index (χ3v) is 3.95. The maximum atomic E-state index is 4.03. The van der Waals surface area contributed by atoms with Crippen molar-refractivity contribution in [3.63, 3.8) is 0 Å². The average molecular weight is 346 g/mol. The number of hydrogen-bond acceptors (Lipinski definition) is 3.